The van der Waals surface area contributed by atoms with Crippen LogP contribution in [0.15, 0.2) is 36.4 Å². The first-order chi connectivity index (χ1) is 8.31. The van der Waals surface area contributed by atoms with E-state index in [0.29, 0.717) is 0 Å². The van der Waals surface area contributed by atoms with E-state index in [0.717, 1.165) is 6.54 Å². The van der Waals surface area contributed by atoms with E-state index in [2.05, 4.69) is 48.6 Å². The van der Waals surface area contributed by atoms with Gasteiger partial charge in [0.25, 0.3) is 0 Å². The summed E-state index contributed by atoms with van der Waals surface area (Å²) in [4.78, 5) is 0. The molecule has 0 amide bonds. The second-order valence-corrected chi connectivity index (χ2v) is 5.41. The maximum absolute atomic E-state index is 3.23. The van der Waals surface area contributed by atoms with Gasteiger partial charge in [-0.15, -0.1) is 11.3 Å². The quantitative estimate of drug-likeness (QED) is 0.712. The second-order valence-electron chi connectivity index (χ2n) is 4.35. The van der Waals surface area contributed by atoms with Crippen molar-refractivity contribution >= 4 is 31.5 Å². The molecule has 1 aromatic heterocycles. The van der Waals surface area contributed by atoms with Crippen LogP contribution in [0.2, 0.25) is 0 Å². The average molecular weight is 241 g/mol. The Morgan fingerprint density at radius 3 is 2.71 bits per heavy atom. The summed E-state index contributed by atoms with van der Waals surface area (Å²) in [6.45, 7) is 3.17. The highest BCUT2D eigenvalue weighted by Crippen LogP contribution is 2.36. The average Bonchev–Trinajstić information content (AvgIpc) is 2.73. The van der Waals surface area contributed by atoms with Crippen LogP contribution < -0.4 is 5.32 Å². The largest absolute Gasteiger partial charge is 0.316 e. The number of hydrogen-bond acceptors (Lipinski definition) is 2. The summed E-state index contributed by atoms with van der Waals surface area (Å²) in [6, 6.07) is 13.1. The van der Waals surface area contributed by atoms with Gasteiger partial charge in [-0.1, -0.05) is 30.3 Å². The van der Waals surface area contributed by atoms with Crippen LogP contribution in [0.3, 0.4) is 0 Å². The van der Waals surface area contributed by atoms with Crippen LogP contribution in [0.5, 0.6) is 0 Å². The highest BCUT2D eigenvalue weighted by Gasteiger charge is 2.08. The van der Waals surface area contributed by atoms with Crippen molar-refractivity contribution in [2.24, 2.45) is 0 Å². The third-order valence-corrected chi connectivity index (χ3v) is 4.58. The van der Waals surface area contributed by atoms with Crippen LogP contribution in [0.4, 0.5) is 0 Å². The summed E-state index contributed by atoms with van der Waals surface area (Å²) in [6.07, 6.45) is 0. The maximum atomic E-state index is 3.23. The van der Waals surface area contributed by atoms with Gasteiger partial charge in [0, 0.05) is 26.7 Å². The molecule has 0 aliphatic carbocycles. The fraction of sp³-hybridized carbons (Fsp3) is 0.200. The monoisotopic (exact) mass is 241 g/mol. The predicted octanol–water partition coefficient (Wildman–Crippen LogP) is 4.08. The zero-order chi connectivity index (χ0) is 11.8. The number of hydrogen-bond donors (Lipinski definition) is 1. The van der Waals surface area contributed by atoms with Crippen molar-refractivity contribution in [1.82, 2.24) is 5.32 Å². The molecule has 0 atom stereocenters. The molecule has 0 spiro atoms. The Morgan fingerprint density at radius 2 is 1.88 bits per heavy atom. The molecule has 17 heavy (non-hydrogen) atoms. The molecule has 2 aromatic carbocycles. The molecule has 0 saturated carbocycles. The molecule has 1 heterocycles. The van der Waals surface area contributed by atoms with E-state index in [9.17, 15) is 0 Å². The minimum absolute atomic E-state index is 0.940. The lowest BCUT2D eigenvalue weighted by Crippen LogP contribution is -2.06. The van der Waals surface area contributed by atoms with Gasteiger partial charge in [-0.05, 0) is 31.2 Å². The zero-order valence-electron chi connectivity index (χ0n) is 10.1. The molecule has 0 saturated heterocycles. The Hall–Kier alpha value is -1.38. The molecular formula is C15H15NS. The second kappa shape index (κ2) is 4.13. The van der Waals surface area contributed by atoms with Gasteiger partial charge in [-0.25, -0.2) is 0 Å². The molecule has 0 aliphatic heterocycles. The van der Waals surface area contributed by atoms with E-state index in [-0.39, 0.29) is 0 Å². The summed E-state index contributed by atoms with van der Waals surface area (Å²) >= 11 is 1.90. The third kappa shape index (κ3) is 1.65. The number of thiophene rings is 1. The summed E-state index contributed by atoms with van der Waals surface area (Å²) < 4.78 is 2.81. The first-order valence-electron chi connectivity index (χ1n) is 5.85. The number of benzene rings is 2. The first-order valence-corrected chi connectivity index (χ1v) is 6.67. The Morgan fingerprint density at radius 1 is 1.06 bits per heavy atom. The van der Waals surface area contributed by atoms with Crippen molar-refractivity contribution in [2.75, 3.05) is 7.05 Å². The van der Waals surface area contributed by atoms with Crippen LogP contribution in [-0.2, 0) is 6.54 Å². The third-order valence-electron chi connectivity index (χ3n) is 3.27. The van der Waals surface area contributed by atoms with Crippen LogP contribution in [-0.4, -0.2) is 7.05 Å². The normalized spacial score (nSPS) is 11.4. The van der Waals surface area contributed by atoms with Crippen molar-refractivity contribution in [1.29, 1.82) is 0 Å². The van der Waals surface area contributed by atoms with E-state index in [1.165, 1.54) is 31.3 Å². The number of aryl methyl sites for hydroxylation is 1. The van der Waals surface area contributed by atoms with E-state index in [1.807, 2.05) is 18.4 Å². The molecule has 2 heteroatoms. The van der Waals surface area contributed by atoms with Crippen molar-refractivity contribution < 1.29 is 0 Å². The van der Waals surface area contributed by atoms with Crippen LogP contribution in [0.1, 0.15) is 11.1 Å². The maximum Gasteiger partial charge on any atom is 0.0387 e. The lowest BCUT2D eigenvalue weighted by molar-refractivity contribution is 0.814. The fourth-order valence-electron chi connectivity index (χ4n) is 2.35. The summed E-state index contributed by atoms with van der Waals surface area (Å²) in [5.74, 6) is 0. The molecule has 0 radical (unpaired) electrons. The van der Waals surface area contributed by atoms with Gasteiger partial charge in [-0.3, -0.25) is 0 Å². The Kier molecular flexibility index (Phi) is 2.61. The number of rotatable bonds is 2. The van der Waals surface area contributed by atoms with Gasteiger partial charge in [0.05, 0.1) is 0 Å². The number of nitrogens with one attached hydrogen (secondary N) is 1. The van der Waals surface area contributed by atoms with E-state index < -0.39 is 0 Å². The molecule has 1 N–H and O–H groups in total. The Bertz CT molecular complexity index is 682. The van der Waals surface area contributed by atoms with E-state index in [1.54, 1.807) is 0 Å². The van der Waals surface area contributed by atoms with Crippen molar-refractivity contribution in [3.05, 3.63) is 47.5 Å². The number of fused-ring (bicyclic) bond motifs is 3. The fourth-order valence-corrected chi connectivity index (χ4v) is 3.57. The lowest BCUT2D eigenvalue weighted by atomic mass is 10.0. The minimum Gasteiger partial charge on any atom is -0.316 e. The highest BCUT2D eigenvalue weighted by atomic mass is 32.1. The van der Waals surface area contributed by atoms with Gasteiger partial charge in [-0.2, -0.15) is 0 Å². The lowest BCUT2D eigenvalue weighted by Gasteiger charge is -2.05. The molecule has 1 nitrogen and oxygen atoms in total. The predicted molar refractivity (Wildman–Crippen MR) is 76.8 cm³/mol. The van der Waals surface area contributed by atoms with Gasteiger partial charge in [0.1, 0.15) is 0 Å². The smallest absolute Gasteiger partial charge is 0.0387 e. The van der Waals surface area contributed by atoms with Gasteiger partial charge in [0.2, 0.25) is 0 Å². The summed E-state index contributed by atoms with van der Waals surface area (Å²) in [7, 11) is 1.99. The molecule has 86 valence electrons. The van der Waals surface area contributed by atoms with E-state index >= 15 is 0 Å². The molecule has 0 bridgehead atoms. The molecule has 0 aliphatic rings. The Balaban J connectivity index is 2.36. The van der Waals surface area contributed by atoms with Crippen molar-refractivity contribution in [3.63, 3.8) is 0 Å². The van der Waals surface area contributed by atoms with Crippen LogP contribution in [0, 0.1) is 6.92 Å². The molecular weight excluding hydrogens is 226 g/mol. The Labute approximate surface area is 105 Å². The topological polar surface area (TPSA) is 12.0 Å². The summed E-state index contributed by atoms with van der Waals surface area (Å²) in [5, 5.41) is 6.00. The van der Waals surface area contributed by atoms with Gasteiger partial charge >= 0.3 is 0 Å². The van der Waals surface area contributed by atoms with Crippen molar-refractivity contribution in [3.8, 4) is 0 Å². The van der Waals surface area contributed by atoms with Gasteiger partial charge in [0.15, 0.2) is 0 Å². The molecule has 0 fully saturated rings. The zero-order valence-corrected chi connectivity index (χ0v) is 10.9. The molecule has 3 rings (SSSR count). The summed E-state index contributed by atoms with van der Waals surface area (Å²) in [5.41, 5.74) is 2.81. The first kappa shape index (κ1) is 10.8. The van der Waals surface area contributed by atoms with Gasteiger partial charge < -0.3 is 5.32 Å². The van der Waals surface area contributed by atoms with Crippen molar-refractivity contribution in [2.45, 2.75) is 13.5 Å². The minimum atomic E-state index is 0.940. The SMILES string of the molecule is CNCc1ccc2c(sc3ccccc32)c1C. The highest BCUT2D eigenvalue weighted by molar-refractivity contribution is 7.26. The molecule has 3 aromatic rings. The standard InChI is InChI=1S/C15H15NS/c1-10-11(9-16-2)7-8-13-12-5-3-4-6-14(12)17-15(10)13/h3-8,16H,9H2,1-2H3. The molecule has 0 unspecified atom stereocenters. The van der Waals surface area contributed by atoms with Crippen LogP contribution in [0.25, 0.3) is 20.2 Å². The van der Waals surface area contributed by atoms with E-state index in [4.69, 9.17) is 0 Å². The van der Waals surface area contributed by atoms with Crippen LogP contribution >= 0.6 is 11.3 Å².